The number of rotatable bonds is 3. The highest BCUT2D eigenvalue weighted by Crippen LogP contribution is 2.47. The molecule has 4 nitrogen and oxygen atoms in total. The highest BCUT2D eigenvalue weighted by molar-refractivity contribution is 5.95. The van der Waals surface area contributed by atoms with Gasteiger partial charge in [-0.1, -0.05) is 24.3 Å². The summed E-state index contributed by atoms with van der Waals surface area (Å²) in [6.45, 7) is 0.473. The van der Waals surface area contributed by atoms with Crippen LogP contribution in [0.25, 0.3) is 11.1 Å². The van der Waals surface area contributed by atoms with Crippen molar-refractivity contribution in [2.24, 2.45) is 5.92 Å². The molecular weight excluding hydrogens is 398 g/mol. The van der Waals surface area contributed by atoms with E-state index in [1.54, 1.807) is 17.0 Å². The number of carbonyl (C=O) groups excluding carboxylic acids is 1. The van der Waals surface area contributed by atoms with E-state index in [0.717, 1.165) is 28.8 Å². The van der Waals surface area contributed by atoms with Gasteiger partial charge in [0.15, 0.2) is 0 Å². The van der Waals surface area contributed by atoms with Crippen LogP contribution in [0.4, 0.5) is 14.5 Å². The number of benzene rings is 3. The summed E-state index contributed by atoms with van der Waals surface area (Å²) in [6.07, 6.45) is 0.730. The second-order valence-electron chi connectivity index (χ2n) is 8.15. The zero-order valence-corrected chi connectivity index (χ0v) is 16.8. The van der Waals surface area contributed by atoms with Gasteiger partial charge in [-0.05, 0) is 65.6 Å². The molecule has 2 aliphatic heterocycles. The average molecular weight is 420 g/mol. The molecule has 3 aromatic rings. The molecule has 1 fully saturated rings. The number of nitrogens with zero attached hydrogens (tertiary/aromatic N) is 1. The summed E-state index contributed by atoms with van der Waals surface area (Å²) in [6, 6.07) is 17.5. The molecule has 0 aliphatic carbocycles. The number of anilines is 1. The molecule has 2 N–H and O–H groups in total. The average Bonchev–Trinajstić information content (AvgIpc) is 3.23. The Morgan fingerprint density at radius 1 is 1.00 bits per heavy atom. The van der Waals surface area contributed by atoms with Crippen molar-refractivity contribution < 1.29 is 18.7 Å². The van der Waals surface area contributed by atoms with E-state index in [4.69, 9.17) is 0 Å². The number of aliphatic hydroxyl groups excluding tert-OH is 1. The van der Waals surface area contributed by atoms with Crippen molar-refractivity contribution in [3.63, 3.8) is 0 Å². The highest BCUT2D eigenvalue weighted by atomic mass is 19.1. The molecule has 0 spiro atoms. The van der Waals surface area contributed by atoms with E-state index in [1.807, 2.05) is 24.3 Å². The molecule has 3 atom stereocenters. The summed E-state index contributed by atoms with van der Waals surface area (Å²) in [5.74, 6) is -0.963. The lowest BCUT2D eigenvalue weighted by Crippen LogP contribution is -2.42. The molecule has 3 aromatic carbocycles. The molecule has 0 unspecified atom stereocenters. The lowest BCUT2D eigenvalue weighted by molar-refractivity contribution is 0.0700. The van der Waals surface area contributed by atoms with Gasteiger partial charge in [-0.3, -0.25) is 4.79 Å². The zero-order chi connectivity index (χ0) is 21.5. The van der Waals surface area contributed by atoms with Gasteiger partial charge in [-0.25, -0.2) is 8.78 Å². The third-order valence-electron chi connectivity index (χ3n) is 6.36. The molecule has 1 saturated heterocycles. The fourth-order valence-corrected chi connectivity index (χ4v) is 4.93. The number of likely N-dealkylation sites (tertiary alicyclic amines) is 1. The Morgan fingerprint density at radius 2 is 1.74 bits per heavy atom. The van der Waals surface area contributed by atoms with Crippen molar-refractivity contribution in [3.05, 3.63) is 89.5 Å². The lowest BCUT2D eigenvalue weighted by atomic mass is 9.82. The molecule has 0 radical (unpaired) electrons. The Morgan fingerprint density at radius 3 is 2.48 bits per heavy atom. The number of halogens is 2. The molecular formula is C25H22F2N2O2. The Kier molecular flexibility index (Phi) is 4.94. The minimum Gasteiger partial charge on any atom is -0.394 e. The van der Waals surface area contributed by atoms with E-state index in [-0.39, 0.29) is 36.3 Å². The van der Waals surface area contributed by atoms with E-state index in [1.165, 1.54) is 30.3 Å². The van der Waals surface area contributed by atoms with E-state index in [9.17, 15) is 18.7 Å². The number of aliphatic hydroxyl groups is 1. The van der Waals surface area contributed by atoms with Crippen LogP contribution in [0.15, 0.2) is 66.7 Å². The van der Waals surface area contributed by atoms with Gasteiger partial charge in [-0.15, -0.1) is 0 Å². The van der Waals surface area contributed by atoms with Crippen molar-refractivity contribution >= 4 is 11.6 Å². The van der Waals surface area contributed by atoms with Crippen molar-refractivity contribution in [3.8, 4) is 11.1 Å². The first-order valence-electron chi connectivity index (χ1n) is 10.4. The van der Waals surface area contributed by atoms with Crippen LogP contribution in [0, 0.1) is 17.6 Å². The molecule has 2 heterocycles. The predicted molar refractivity (Wildman–Crippen MR) is 115 cm³/mol. The van der Waals surface area contributed by atoms with Crippen molar-refractivity contribution in [2.75, 3.05) is 18.5 Å². The maximum Gasteiger partial charge on any atom is 0.254 e. The van der Waals surface area contributed by atoms with Crippen LogP contribution < -0.4 is 5.32 Å². The lowest BCUT2D eigenvalue weighted by Gasteiger charge is -2.39. The van der Waals surface area contributed by atoms with Crippen LogP contribution in [-0.4, -0.2) is 35.1 Å². The quantitative estimate of drug-likeness (QED) is 0.650. The Bertz CT molecular complexity index is 1150. The normalized spacial score (nSPS) is 21.9. The monoisotopic (exact) mass is 420 g/mol. The van der Waals surface area contributed by atoms with Gasteiger partial charge in [0.2, 0.25) is 0 Å². The van der Waals surface area contributed by atoms with E-state index >= 15 is 0 Å². The first kappa shape index (κ1) is 19.7. The predicted octanol–water partition coefficient (Wildman–Crippen LogP) is 4.62. The molecule has 0 saturated carbocycles. The summed E-state index contributed by atoms with van der Waals surface area (Å²) < 4.78 is 27.5. The van der Waals surface area contributed by atoms with Crippen LogP contribution in [0.1, 0.15) is 28.4 Å². The van der Waals surface area contributed by atoms with Gasteiger partial charge >= 0.3 is 0 Å². The maximum atomic E-state index is 13.8. The summed E-state index contributed by atoms with van der Waals surface area (Å²) in [4.78, 5) is 15.1. The topological polar surface area (TPSA) is 52.6 Å². The van der Waals surface area contributed by atoms with Crippen LogP contribution >= 0.6 is 0 Å². The van der Waals surface area contributed by atoms with E-state index in [2.05, 4.69) is 5.32 Å². The third kappa shape index (κ3) is 3.47. The number of nitrogens with one attached hydrogen (secondary N) is 1. The summed E-state index contributed by atoms with van der Waals surface area (Å²) in [7, 11) is 0. The third-order valence-corrected chi connectivity index (χ3v) is 6.36. The van der Waals surface area contributed by atoms with Gasteiger partial charge in [0.1, 0.15) is 11.6 Å². The Hall–Kier alpha value is -3.25. The van der Waals surface area contributed by atoms with Gasteiger partial charge in [-0.2, -0.15) is 0 Å². The van der Waals surface area contributed by atoms with Crippen molar-refractivity contribution in [2.45, 2.75) is 18.5 Å². The van der Waals surface area contributed by atoms with Gasteiger partial charge < -0.3 is 15.3 Å². The Balaban J connectivity index is 1.58. The second kappa shape index (κ2) is 7.78. The van der Waals surface area contributed by atoms with Crippen molar-refractivity contribution in [1.82, 2.24) is 4.90 Å². The van der Waals surface area contributed by atoms with E-state index in [0.29, 0.717) is 12.1 Å². The molecule has 6 heteroatoms. The minimum absolute atomic E-state index is 0.0257. The molecule has 5 rings (SSSR count). The first-order valence-corrected chi connectivity index (χ1v) is 10.4. The summed E-state index contributed by atoms with van der Waals surface area (Å²) in [5, 5.41) is 13.3. The minimum atomic E-state index is -0.450. The number of hydrogen-bond acceptors (Lipinski definition) is 3. The molecule has 31 heavy (non-hydrogen) atoms. The van der Waals surface area contributed by atoms with Crippen LogP contribution in [-0.2, 0) is 0 Å². The summed E-state index contributed by atoms with van der Waals surface area (Å²) in [5.41, 5.74) is 3.69. The second-order valence-corrected chi connectivity index (χ2v) is 8.15. The van der Waals surface area contributed by atoms with Crippen molar-refractivity contribution in [1.29, 1.82) is 0 Å². The molecule has 158 valence electrons. The largest absolute Gasteiger partial charge is 0.394 e. The zero-order valence-electron chi connectivity index (χ0n) is 16.8. The maximum absolute atomic E-state index is 13.8. The van der Waals surface area contributed by atoms with Gasteiger partial charge in [0.05, 0.1) is 18.7 Å². The number of carbonyl (C=O) groups is 1. The first-order chi connectivity index (χ1) is 15.0. The molecule has 0 bridgehead atoms. The van der Waals surface area contributed by atoms with Crippen LogP contribution in [0.2, 0.25) is 0 Å². The Labute approximate surface area is 179 Å². The number of hydrogen-bond donors (Lipinski definition) is 2. The van der Waals surface area contributed by atoms with E-state index < -0.39 is 5.82 Å². The number of amides is 1. The molecule has 0 aromatic heterocycles. The molecule has 1 amide bonds. The fourth-order valence-electron chi connectivity index (χ4n) is 4.93. The SMILES string of the molecule is O=C(c1cccc(F)c1)N1CC[C@H]2[C@H](CO)Nc3ccc(-c4cccc(F)c4)cc3[C@H]21. The van der Waals surface area contributed by atoms with Gasteiger partial charge in [0, 0.05) is 23.7 Å². The fraction of sp³-hybridized carbons (Fsp3) is 0.240. The molecule has 2 aliphatic rings. The summed E-state index contributed by atoms with van der Waals surface area (Å²) >= 11 is 0. The van der Waals surface area contributed by atoms with Gasteiger partial charge in [0.25, 0.3) is 5.91 Å². The highest BCUT2D eigenvalue weighted by Gasteiger charge is 2.45. The van der Waals surface area contributed by atoms with Crippen LogP contribution in [0.3, 0.4) is 0 Å². The number of fused-ring (bicyclic) bond motifs is 3. The standard InChI is InChI=1S/C25H22F2N2O2/c26-18-5-1-3-15(11-18)16-7-8-22-21(13-16)24-20(23(14-30)28-22)9-10-29(24)25(31)17-4-2-6-19(27)12-17/h1-8,11-13,20,23-24,28,30H,9-10,14H2/t20-,23-,24-/m0/s1. The van der Waals surface area contributed by atoms with Crippen LogP contribution in [0.5, 0.6) is 0 Å². The smallest absolute Gasteiger partial charge is 0.254 e.